The number of hydrogen-bond acceptors (Lipinski definition) is 5. The maximum absolute atomic E-state index is 9.40. The summed E-state index contributed by atoms with van der Waals surface area (Å²) in [7, 11) is 0. The molecule has 24 heavy (non-hydrogen) atoms. The average molecular weight is 339 g/mol. The minimum atomic E-state index is -3.09. The Labute approximate surface area is 145 Å². The molecule has 6 N–H and O–H groups in total. The molecule has 0 amide bonds. The zero-order valence-corrected chi connectivity index (χ0v) is 14.7. The quantitative estimate of drug-likeness (QED) is 0.295. The van der Waals surface area contributed by atoms with E-state index in [9.17, 15) is 5.11 Å². The third-order valence-electron chi connectivity index (χ3n) is 4.37. The number of nitrogens with two attached hydrogens (primary N) is 1. The van der Waals surface area contributed by atoms with Gasteiger partial charge in [0, 0.05) is 6.04 Å². The van der Waals surface area contributed by atoms with E-state index in [1.807, 2.05) is 0 Å². The molecular formula is C19H33NO4. The lowest BCUT2D eigenvalue weighted by Gasteiger charge is -2.23. The van der Waals surface area contributed by atoms with Crippen LogP contribution in [-0.2, 0) is 12.8 Å². The van der Waals surface area contributed by atoms with Crippen molar-refractivity contribution in [2.45, 2.75) is 82.8 Å². The van der Waals surface area contributed by atoms with Crippen molar-refractivity contribution in [3.63, 3.8) is 0 Å². The van der Waals surface area contributed by atoms with Gasteiger partial charge < -0.3 is 26.2 Å². The standard InChI is InChI=1S/C19H33NO4/c1-2-3-4-5-6-7-15-8-10-16(11-9-15)12-13-17(20)14-18(21)19(22,23)24/h8-11,17-18,21-24H,2-7,12-14,20H2,1H3/t17-,18?/m1/s1. The maximum Gasteiger partial charge on any atom is 0.303 e. The summed E-state index contributed by atoms with van der Waals surface area (Å²) in [6.45, 7) is 2.22. The van der Waals surface area contributed by atoms with Crippen LogP contribution >= 0.6 is 0 Å². The lowest BCUT2D eigenvalue weighted by atomic mass is 9.98. The van der Waals surface area contributed by atoms with Crippen molar-refractivity contribution < 1.29 is 20.4 Å². The molecule has 1 aromatic carbocycles. The van der Waals surface area contributed by atoms with E-state index in [0.29, 0.717) is 6.42 Å². The van der Waals surface area contributed by atoms with Crippen molar-refractivity contribution in [3.05, 3.63) is 35.4 Å². The van der Waals surface area contributed by atoms with Gasteiger partial charge in [0.15, 0.2) is 0 Å². The van der Waals surface area contributed by atoms with E-state index in [0.717, 1.165) is 18.4 Å². The Hall–Kier alpha value is -0.980. The molecule has 0 aliphatic heterocycles. The summed E-state index contributed by atoms with van der Waals surface area (Å²) in [5, 5.41) is 36.0. The van der Waals surface area contributed by atoms with Gasteiger partial charge in [-0.15, -0.1) is 0 Å². The van der Waals surface area contributed by atoms with Crippen molar-refractivity contribution in [2.24, 2.45) is 5.73 Å². The summed E-state index contributed by atoms with van der Waals surface area (Å²) in [4.78, 5) is 0. The zero-order valence-electron chi connectivity index (χ0n) is 14.7. The summed E-state index contributed by atoms with van der Waals surface area (Å²) in [5.41, 5.74) is 8.37. The average Bonchev–Trinajstić information content (AvgIpc) is 2.53. The first-order valence-corrected chi connectivity index (χ1v) is 9.01. The Morgan fingerprint density at radius 1 is 0.917 bits per heavy atom. The molecule has 138 valence electrons. The Kier molecular flexibility index (Phi) is 9.48. The van der Waals surface area contributed by atoms with Crippen LogP contribution in [0.2, 0.25) is 0 Å². The molecule has 0 spiro atoms. The normalized spacial score (nSPS) is 14.6. The fourth-order valence-corrected chi connectivity index (χ4v) is 2.72. The van der Waals surface area contributed by atoms with Crippen LogP contribution in [0.15, 0.2) is 24.3 Å². The number of aliphatic hydroxyl groups is 4. The highest BCUT2D eigenvalue weighted by atomic mass is 16.7. The lowest BCUT2D eigenvalue weighted by molar-refractivity contribution is -0.355. The van der Waals surface area contributed by atoms with Crippen molar-refractivity contribution in [1.29, 1.82) is 0 Å². The molecule has 1 aromatic rings. The van der Waals surface area contributed by atoms with Gasteiger partial charge in [0.05, 0.1) is 0 Å². The second-order valence-electron chi connectivity index (χ2n) is 6.72. The number of rotatable bonds is 12. The van der Waals surface area contributed by atoms with Crippen LogP contribution in [0.4, 0.5) is 0 Å². The Morgan fingerprint density at radius 2 is 1.46 bits per heavy atom. The Balaban J connectivity index is 2.29. The van der Waals surface area contributed by atoms with Gasteiger partial charge in [-0.2, -0.15) is 0 Å². The zero-order chi connectivity index (χ0) is 18.0. The van der Waals surface area contributed by atoms with Crippen molar-refractivity contribution >= 4 is 0 Å². The van der Waals surface area contributed by atoms with E-state index in [-0.39, 0.29) is 6.42 Å². The van der Waals surface area contributed by atoms with Crippen LogP contribution in [0.1, 0.15) is 63.0 Å². The molecule has 1 rings (SSSR count). The molecule has 0 radical (unpaired) electrons. The Morgan fingerprint density at radius 3 is 2.00 bits per heavy atom. The van der Waals surface area contributed by atoms with Gasteiger partial charge >= 0.3 is 5.97 Å². The van der Waals surface area contributed by atoms with Crippen LogP contribution < -0.4 is 5.73 Å². The second-order valence-corrected chi connectivity index (χ2v) is 6.72. The van der Waals surface area contributed by atoms with Gasteiger partial charge in [-0.05, 0) is 43.2 Å². The molecule has 0 aliphatic carbocycles. The molecule has 0 bridgehead atoms. The third-order valence-corrected chi connectivity index (χ3v) is 4.37. The molecule has 1 unspecified atom stereocenters. The predicted octanol–water partition coefficient (Wildman–Crippen LogP) is 1.84. The minimum Gasteiger partial charge on any atom is -0.385 e. The number of aliphatic hydroxyl groups excluding tert-OH is 1. The van der Waals surface area contributed by atoms with Crippen molar-refractivity contribution in [2.75, 3.05) is 0 Å². The lowest BCUT2D eigenvalue weighted by Crippen LogP contribution is -2.45. The molecule has 0 fully saturated rings. The van der Waals surface area contributed by atoms with E-state index in [1.165, 1.54) is 37.7 Å². The van der Waals surface area contributed by atoms with Gasteiger partial charge in [-0.1, -0.05) is 56.9 Å². The molecule has 0 aliphatic rings. The molecule has 0 saturated heterocycles. The van der Waals surface area contributed by atoms with E-state index >= 15 is 0 Å². The highest BCUT2D eigenvalue weighted by Gasteiger charge is 2.31. The number of aryl methyl sites for hydroxylation is 2. The minimum absolute atomic E-state index is 0.0701. The van der Waals surface area contributed by atoms with Crippen LogP contribution in [0.25, 0.3) is 0 Å². The van der Waals surface area contributed by atoms with Gasteiger partial charge in [0.25, 0.3) is 0 Å². The first-order chi connectivity index (χ1) is 11.3. The van der Waals surface area contributed by atoms with E-state index in [4.69, 9.17) is 21.1 Å². The smallest absolute Gasteiger partial charge is 0.303 e. The van der Waals surface area contributed by atoms with Crippen LogP contribution in [0.3, 0.4) is 0 Å². The number of benzene rings is 1. The van der Waals surface area contributed by atoms with Gasteiger partial charge in [0.2, 0.25) is 0 Å². The van der Waals surface area contributed by atoms with Gasteiger partial charge in [0.1, 0.15) is 6.10 Å². The van der Waals surface area contributed by atoms with Crippen LogP contribution in [0, 0.1) is 0 Å². The van der Waals surface area contributed by atoms with Crippen LogP contribution in [-0.4, -0.2) is 38.5 Å². The van der Waals surface area contributed by atoms with E-state index in [1.54, 1.807) is 0 Å². The monoisotopic (exact) mass is 339 g/mol. The molecular weight excluding hydrogens is 306 g/mol. The van der Waals surface area contributed by atoms with Crippen molar-refractivity contribution in [3.8, 4) is 0 Å². The maximum atomic E-state index is 9.40. The van der Waals surface area contributed by atoms with Gasteiger partial charge in [-0.3, -0.25) is 0 Å². The van der Waals surface area contributed by atoms with Crippen LogP contribution in [0.5, 0.6) is 0 Å². The van der Waals surface area contributed by atoms with Gasteiger partial charge in [-0.25, -0.2) is 0 Å². The molecule has 0 aromatic heterocycles. The second kappa shape index (κ2) is 10.8. The molecule has 5 heteroatoms. The summed E-state index contributed by atoms with van der Waals surface area (Å²) in [6.07, 6.45) is 7.14. The third kappa shape index (κ3) is 8.76. The highest BCUT2D eigenvalue weighted by molar-refractivity contribution is 5.22. The summed E-state index contributed by atoms with van der Waals surface area (Å²) < 4.78 is 0. The summed E-state index contributed by atoms with van der Waals surface area (Å²) in [5.74, 6) is -3.09. The first kappa shape index (κ1) is 21.1. The first-order valence-electron chi connectivity index (χ1n) is 9.01. The number of hydrogen-bond donors (Lipinski definition) is 5. The van der Waals surface area contributed by atoms with Crippen molar-refractivity contribution in [1.82, 2.24) is 0 Å². The molecule has 5 nitrogen and oxygen atoms in total. The predicted molar refractivity (Wildman–Crippen MR) is 95.2 cm³/mol. The van der Waals surface area contributed by atoms with E-state index < -0.39 is 18.1 Å². The highest BCUT2D eigenvalue weighted by Crippen LogP contribution is 2.14. The molecule has 2 atom stereocenters. The topological polar surface area (TPSA) is 107 Å². The molecule has 0 heterocycles. The SMILES string of the molecule is CCCCCCCc1ccc(CC[C@@H](N)CC(O)C(O)(O)O)cc1. The largest absolute Gasteiger partial charge is 0.385 e. The Bertz CT molecular complexity index is 442. The van der Waals surface area contributed by atoms with E-state index in [2.05, 4.69) is 31.2 Å². The fourth-order valence-electron chi connectivity index (χ4n) is 2.72. The summed E-state index contributed by atoms with van der Waals surface area (Å²) in [6, 6.07) is 8.08. The fraction of sp³-hybridized carbons (Fsp3) is 0.684. The summed E-state index contributed by atoms with van der Waals surface area (Å²) >= 11 is 0. The molecule has 0 saturated carbocycles. The number of unbranched alkanes of at least 4 members (excludes halogenated alkanes) is 4.